The van der Waals surface area contributed by atoms with Crippen molar-refractivity contribution >= 4 is 79.6 Å². The molecule has 0 aliphatic carbocycles. The molecule has 0 atom stereocenters. The molecule has 0 radical (unpaired) electrons. The first-order valence-electron chi connectivity index (χ1n) is 26.7. The highest BCUT2D eigenvalue weighted by Gasteiger charge is 2.35. The van der Waals surface area contributed by atoms with E-state index in [0.29, 0.717) is 30.5 Å². The summed E-state index contributed by atoms with van der Waals surface area (Å²) >= 11 is 0. The first kappa shape index (κ1) is 41.6. The molecule has 0 amide bonds. The second-order valence-corrected chi connectivity index (χ2v) is 19.6. The van der Waals surface area contributed by atoms with E-state index in [1.807, 2.05) is 77.7 Å². The summed E-state index contributed by atoms with van der Waals surface area (Å²) in [7, 11) is 2.13. The minimum atomic E-state index is -2.27. The number of rotatable bonds is 10. The lowest BCUT2D eigenvalue weighted by molar-refractivity contribution is 0.482. The largest absolute Gasteiger partial charge is 0.457 e. The standard InChI is InChI=1S/C64H58N8O2/c1-43-44(2)64(72-42-70(60-32-12-14-34-62(60)72)50-22-18-26-54(38-50)74-52-24-16-20-48(36-52)68-40-66(6)56-28-8-10-30-58(56)68)46(4)45(3)63(43)71-41-69(59-31-11-13-33-61(59)71)49-21-17-25-53(37-49)73-51-23-15-19-47(35-51)67-39-65(5)55-27-7-9-29-57(55)67/h7-38H,39-42H2,1-6H3/i5D3. The van der Waals surface area contributed by atoms with Gasteiger partial charge in [0.05, 0.1) is 58.8 Å². The Morgan fingerprint density at radius 2 is 0.581 bits per heavy atom. The SMILES string of the molecule is [2H]C([2H])([2H])N1CN(c2cccc(Oc3cccc(N4CN(c5c(C)c(C)c(N6CN(c7cccc(Oc8cccc(N9CN(C)c%10ccccc%109)c8)c7)c7ccccc76)c(C)c5C)c5ccccc54)c3)c2)c2ccccc21. The van der Waals surface area contributed by atoms with E-state index in [1.165, 1.54) is 49.9 Å². The molecule has 0 spiro atoms. The summed E-state index contributed by atoms with van der Waals surface area (Å²) in [6.45, 7) is 9.05. The molecule has 0 bridgehead atoms. The van der Waals surface area contributed by atoms with Gasteiger partial charge in [-0.15, -0.1) is 0 Å². The summed E-state index contributed by atoms with van der Waals surface area (Å²) in [6.07, 6.45) is 0. The summed E-state index contributed by atoms with van der Waals surface area (Å²) in [5.74, 6) is 2.92. The van der Waals surface area contributed by atoms with Crippen molar-refractivity contribution in [1.29, 1.82) is 0 Å². The van der Waals surface area contributed by atoms with Crippen molar-refractivity contribution in [3.63, 3.8) is 0 Å². The monoisotopic (exact) mass is 973 g/mol. The van der Waals surface area contributed by atoms with Crippen LogP contribution in [0.5, 0.6) is 23.0 Å². The molecule has 0 saturated heterocycles. The van der Waals surface area contributed by atoms with Crippen molar-refractivity contribution < 1.29 is 13.6 Å². The molecule has 0 N–H and O–H groups in total. The Kier molecular flexibility index (Phi) is 10.1. The van der Waals surface area contributed by atoms with Crippen LogP contribution in [0.3, 0.4) is 0 Å². The van der Waals surface area contributed by atoms with Gasteiger partial charge in [-0.2, -0.15) is 0 Å². The van der Waals surface area contributed by atoms with Crippen molar-refractivity contribution in [3.8, 4) is 23.0 Å². The molecule has 9 aromatic carbocycles. The lowest BCUT2D eigenvalue weighted by atomic mass is 9.94. The van der Waals surface area contributed by atoms with Crippen molar-refractivity contribution in [2.75, 3.05) is 79.9 Å². The topological polar surface area (TPSA) is 44.4 Å². The van der Waals surface area contributed by atoms with Gasteiger partial charge < -0.3 is 48.7 Å². The second kappa shape index (κ2) is 17.9. The maximum absolute atomic E-state index is 8.19. The Morgan fingerprint density at radius 1 is 0.311 bits per heavy atom. The van der Waals surface area contributed by atoms with Gasteiger partial charge in [0.15, 0.2) is 0 Å². The molecule has 366 valence electrons. The summed E-state index contributed by atoms with van der Waals surface area (Å²) in [6, 6.07) is 66.4. The number of nitrogens with zero attached hydrogens (tertiary/aromatic N) is 8. The van der Waals surface area contributed by atoms with Gasteiger partial charge in [0.1, 0.15) is 36.3 Å². The zero-order valence-corrected chi connectivity index (χ0v) is 42.2. The summed E-state index contributed by atoms with van der Waals surface area (Å²) in [5, 5.41) is 0. The van der Waals surface area contributed by atoms with E-state index in [0.717, 1.165) is 69.4 Å². The molecular weight excluding hydrogens is 913 g/mol. The van der Waals surface area contributed by atoms with E-state index in [9.17, 15) is 0 Å². The van der Waals surface area contributed by atoms with Crippen molar-refractivity contribution in [1.82, 2.24) is 0 Å². The number of ether oxygens (including phenoxy) is 2. The fourth-order valence-electron chi connectivity index (χ4n) is 11.5. The van der Waals surface area contributed by atoms with E-state index in [-0.39, 0.29) is 6.67 Å². The molecular formula is C64H58N8O2. The van der Waals surface area contributed by atoms with Gasteiger partial charge in [-0.05, 0) is 147 Å². The molecule has 0 aromatic heterocycles. The van der Waals surface area contributed by atoms with Crippen LogP contribution in [0, 0.1) is 27.7 Å². The molecule has 13 rings (SSSR count). The number of hydrogen-bond acceptors (Lipinski definition) is 10. The predicted octanol–water partition coefficient (Wildman–Crippen LogP) is 16.1. The van der Waals surface area contributed by atoms with E-state index in [4.69, 9.17) is 13.6 Å². The average molecular weight is 974 g/mol. The van der Waals surface area contributed by atoms with Gasteiger partial charge in [0, 0.05) is 76.5 Å². The number of hydrogen-bond donors (Lipinski definition) is 0. The molecule has 10 heteroatoms. The Hall–Kier alpha value is -9.02. The van der Waals surface area contributed by atoms with Crippen LogP contribution in [0.1, 0.15) is 26.4 Å². The maximum Gasteiger partial charge on any atom is 0.129 e. The van der Waals surface area contributed by atoms with Crippen molar-refractivity contribution in [3.05, 3.63) is 216 Å². The van der Waals surface area contributed by atoms with Gasteiger partial charge in [0.2, 0.25) is 0 Å². The third kappa shape index (κ3) is 7.55. The molecule has 0 fully saturated rings. The van der Waals surface area contributed by atoms with E-state index >= 15 is 0 Å². The zero-order chi connectivity index (χ0) is 52.7. The third-order valence-electron chi connectivity index (χ3n) is 15.3. The second-order valence-electron chi connectivity index (χ2n) is 19.6. The fraction of sp³-hybridized carbons (Fsp3) is 0.156. The smallest absolute Gasteiger partial charge is 0.129 e. The van der Waals surface area contributed by atoms with Gasteiger partial charge in [0.25, 0.3) is 0 Å². The van der Waals surface area contributed by atoms with Crippen LogP contribution < -0.4 is 48.7 Å². The maximum atomic E-state index is 8.19. The van der Waals surface area contributed by atoms with Crippen molar-refractivity contribution in [2.24, 2.45) is 0 Å². The van der Waals surface area contributed by atoms with Crippen LogP contribution in [0.15, 0.2) is 194 Å². The first-order valence-corrected chi connectivity index (χ1v) is 25.2. The predicted molar refractivity (Wildman–Crippen MR) is 306 cm³/mol. The number of para-hydroxylation sites is 8. The lowest BCUT2D eigenvalue weighted by Gasteiger charge is -2.32. The average Bonchev–Trinajstić information content (AvgIpc) is 4.33. The van der Waals surface area contributed by atoms with Crippen LogP contribution in [-0.4, -0.2) is 40.7 Å². The normalized spacial score (nSPS) is 15.2. The molecule has 0 unspecified atom stereocenters. The quantitative estimate of drug-likeness (QED) is 0.132. The zero-order valence-electron chi connectivity index (χ0n) is 45.2. The molecule has 9 aromatic rings. The van der Waals surface area contributed by atoms with Gasteiger partial charge in [-0.3, -0.25) is 0 Å². The Balaban J connectivity index is 0.758. The van der Waals surface area contributed by atoms with Crippen LogP contribution in [0.2, 0.25) is 0 Å². The summed E-state index contributed by atoms with van der Waals surface area (Å²) < 4.78 is 37.8. The van der Waals surface area contributed by atoms with Crippen LogP contribution in [0.4, 0.5) is 79.6 Å². The number of benzene rings is 9. The van der Waals surface area contributed by atoms with Gasteiger partial charge in [-0.25, -0.2) is 0 Å². The number of fused-ring (bicyclic) bond motifs is 4. The van der Waals surface area contributed by atoms with Crippen LogP contribution in [0.25, 0.3) is 0 Å². The molecule has 4 aliphatic heterocycles. The highest BCUT2D eigenvalue weighted by atomic mass is 16.5. The molecule has 10 nitrogen and oxygen atoms in total. The summed E-state index contributed by atoms with van der Waals surface area (Å²) in [4.78, 5) is 17.8. The van der Waals surface area contributed by atoms with Crippen molar-refractivity contribution in [2.45, 2.75) is 27.7 Å². The molecule has 4 aliphatic rings. The fourth-order valence-corrected chi connectivity index (χ4v) is 11.5. The molecule has 4 heterocycles. The Morgan fingerprint density at radius 3 is 0.919 bits per heavy atom. The summed E-state index contributed by atoms with van der Waals surface area (Å²) in [5.41, 5.74) is 19.9. The van der Waals surface area contributed by atoms with Crippen LogP contribution >= 0.6 is 0 Å². The minimum absolute atomic E-state index is 0.211. The molecule has 74 heavy (non-hydrogen) atoms. The van der Waals surface area contributed by atoms with Gasteiger partial charge >= 0.3 is 0 Å². The Bertz CT molecular complexity index is 3740. The van der Waals surface area contributed by atoms with Gasteiger partial charge in [-0.1, -0.05) is 72.8 Å². The van der Waals surface area contributed by atoms with E-state index in [1.54, 1.807) is 0 Å². The highest BCUT2D eigenvalue weighted by molar-refractivity contribution is 5.94. The molecule has 0 saturated carbocycles. The third-order valence-corrected chi connectivity index (χ3v) is 15.3. The lowest BCUT2D eigenvalue weighted by Crippen LogP contribution is -2.28. The minimum Gasteiger partial charge on any atom is -0.457 e. The van der Waals surface area contributed by atoms with E-state index in [2.05, 4.69) is 185 Å². The Labute approximate surface area is 438 Å². The van der Waals surface area contributed by atoms with Crippen LogP contribution in [-0.2, 0) is 0 Å². The number of anilines is 14. The highest BCUT2D eigenvalue weighted by Crippen LogP contribution is 2.52. The first-order chi connectivity index (χ1) is 37.4. The van der Waals surface area contributed by atoms with E-state index < -0.39 is 6.98 Å².